The number of hydrogen-bond acceptors (Lipinski definition) is 1. The molecule has 14 heavy (non-hydrogen) atoms. The molecule has 0 aliphatic rings. The van der Waals surface area contributed by atoms with E-state index in [9.17, 15) is 0 Å². The Morgan fingerprint density at radius 3 is 2.21 bits per heavy atom. The molecule has 1 rings (SSSR count). The molecule has 0 unspecified atom stereocenters. The van der Waals surface area contributed by atoms with Crippen LogP contribution in [0.15, 0.2) is 30.3 Å². The summed E-state index contributed by atoms with van der Waals surface area (Å²) in [6, 6.07) is 10.2. The smallest absolute Gasteiger partial charge is 0.0263 e. The predicted octanol–water partition coefficient (Wildman–Crippen LogP) is 3.21. The molecular formula is C12H20ClN. The van der Waals surface area contributed by atoms with Crippen molar-refractivity contribution in [1.29, 1.82) is 0 Å². The fourth-order valence-corrected chi connectivity index (χ4v) is 1.18. The molecule has 0 fully saturated rings. The van der Waals surface area contributed by atoms with E-state index in [-0.39, 0.29) is 0 Å². The molecule has 2 N–H and O–H groups in total. The van der Waals surface area contributed by atoms with E-state index in [1.165, 1.54) is 18.4 Å². The van der Waals surface area contributed by atoms with Crippen LogP contribution in [0.25, 0.3) is 0 Å². The molecule has 0 aromatic heterocycles. The second-order valence-corrected chi connectivity index (χ2v) is 3.44. The predicted molar refractivity (Wildman–Crippen MR) is 64.8 cm³/mol. The van der Waals surface area contributed by atoms with Gasteiger partial charge in [-0.25, -0.2) is 0 Å². The van der Waals surface area contributed by atoms with Crippen molar-refractivity contribution in [3.63, 3.8) is 0 Å². The number of halogens is 1. The molecule has 0 atom stereocenters. The molecule has 0 bridgehead atoms. The highest BCUT2D eigenvalue weighted by molar-refractivity contribution is 6.17. The average Bonchev–Trinajstić information content (AvgIpc) is 2.22. The Balaban J connectivity index is 0.000000292. The Morgan fingerprint density at radius 2 is 1.86 bits per heavy atom. The van der Waals surface area contributed by atoms with Crippen molar-refractivity contribution in [3.05, 3.63) is 35.9 Å². The maximum atomic E-state index is 5.54. The maximum absolute atomic E-state index is 5.54. The highest BCUT2D eigenvalue weighted by Gasteiger charge is 1.85. The zero-order valence-electron chi connectivity index (χ0n) is 8.88. The lowest BCUT2D eigenvalue weighted by Crippen LogP contribution is -1.95. The van der Waals surface area contributed by atoms with Crippen LogP contribution in [0.3, 0.4) is 0 Å². The third kappa shape index (κ3) is 8.09. The van der Waals surface area contributed by atoms with Crippen LogP contribution in [-0.4, -0.2) is 12.4 Å². The SMILES string of the molecule is CCCCN.ClCCc1ccccc1. The van der Waals surface area contributed by atoms with Crippen LogP contribution in [0.1, 0.15) is 25.3 Å². The first-order valence-corrected chi connectivity index (χ1v) is 5.68. The number of nitrogens with two attached hydrogens (primary N) is 1. The molecule has 0 heterocycles. The van der Waals surface area contributed by atoms with Gasteiger partial charge in [0, 0.05) is 5.88 Å². The first-order valence-electron chi connectivity index (χ1n) is 5.15. The van der Waals surface area contributed by atoms with Crippen LogP contribution in [0.4, 0.5) is 0 Å². The summed E-state index contributed by atoms with van der Waals surface area (Å²) < 4.78 is 0. The van der Waals surface area contributed by atoms with E-state index >= 15 is 0 Å². The summed E-state index contributed by atoms with van der Waals surface area (Å²) in [4.78, 5) is 0. The lowest BCUT2D eigenvalue weighted by Gasteiger charge is -1.92. The standard InChI is InChI=1S/C8H9Cl.C4H11N/c9-7-6-8-4-2-1-3-5-8;1-2-3-4-5/h1-5H,6-7H2;2-5H2,1H3. The van der Waals surface area contributed by atoms with Gasteiger partial charge in [0.2, 0.25) is 0 Å². The van der Waals surface area contributed by atoms with E-state index in [1.807, 2.05) is 18.2 Å². The molecule has 1 nitrogen and oxygen atoms in total. The van der Waals surface area contributed by atoms with E-state index < -0.39 is 0 Å². The Labute approximate surface area is 92.3 Å². The number of aryl methyl sites for hydroxylation is 1. The van der Waals surface area contributed by atoms with Crippen LogP contribution in [0.2, 0.25) is 0 Å². The molecule has 0 aliphatic carbocycles. The summed E-state index contributed by atoms with van der Waals surface area (Å²) in [5.41, 5.74) is 6.45. The molecule has 0 radical (unpaired) electrons. The number of alkyl halides is 1. The quantitative estimate of drug-likeness (QED) is 0.764. The Hall–Kier alpha value is -0.530. The normalized spacial score (nSPS) is 9.07. The van der Waals surface area contributed by atoms with Gasteiger partial charge in [-0.2, -0.15) is 0 Å². The molecule has 0 amide bonds. The maximum Gasteiger partial charge on any atom is 0.0263 e. The molecule has 0 saturated carbocycles. The fraction of sp³-hybridized carbons (Fsp3) is 0.500. The zero-order chi connectivity index (χ0) is 10.6. The minimum Gasteiger partial charge on any atom is -0.330 e. The third-order valence-electron chi connectivity index (χ3n) is 1.78. The van der Waals surface area contributed by atoms with Crippen molar-refractivity contribution in [3.8, 4) is 0 Å². The summed E-state index contributed by atoms with van der Waals surface area (Å²) in [5, 5.41) is 0. The summed E-state index contributed by atoms with van der Waals surface area (Å²) >= 11 is 5.54. The van der Waals surface area contributed by atoms with Crippen LogP contribution in [-0.2, 0) is 6.42 Å². The molecule has 80 valence electrons. The van der Waals surface area contributed by atoms with Gasteiger partial charge < -0.3 is 5.73 Å². The molecule has 0 saturated heterocycles. The van der Waals surface area contributed by atoms with Gasteiger partial charge in [0.1, 0.15) is 0 Å². The van der Waals surface area contributed by atoms with Crippen LogP contribution < -0.4 is 5.73 Å². The second kappa shape index (κ2) is 10.6. The van der Waals surface area contributed by atoms with Gasteiger partial charge in [0.15, 0.2) is 0 Å². The molecule has 1 aromatic carbocycles. The summed E-state index contributed by atoms with van der Waals surface area (Å²) in [7, 11) is 0. The van der Waals surface area contributed by atoms with Crippen molar-refractivity contribution < 1.29 is 0 Å². The van der Waals surface area contributed by atoms with Crippen molar-refractivity contribution >= 4 is 11.6 Å². The topological polar surface area (TPSA) is 26.0 Å². The van der Waals surface area contributed by atoms with E-state index in [0.29, 0.717) is 5.88 Å². The fourth-order valence-electron chi connectivity index (χ4n) is 0.958. The van der Waals surface area contributed by atoms with Crippen LogP contribution in [0.5, 0.6) is 0 Å². The number of unbranched alkanes of at least 4 members (excludes halogenated alkanes) is 1. The first kappa shape index (κ1) is 13.5. The molecule has 0 spiro atoms. The summed E-state index contributed by atoms with van der Waals surface area (Å²) in [6.07, 6.45) is 3.36. The van der Waals surface area contributed by atoms with E-state index in [4.69, 9.17) is 17.3 Å². The monoisotopic (exact) mass is 213 g/mol. The Kier molecular flexibility index (Phi) is 10.2. The highest BCUT2D eigenvalue weighted by Crippen LogP contribution is 1.99. The largest absolute Gasteiger partial charge is 0.330 e. The summed E-state index contributed by atoms with van der Waals surface area (Å²) in [5.74, 6) is 0.712. The van der Waals surface area contributed by atoms with Crippen molar-refractivity contribution in [2.75, 3.05) is 12.4 Å². The van der Waals surface area contributed by atoms with Crippen molar-refractivity contribution in [2.45, 2.75) is 26.2 Å². The van der Waals surface area contributed by atoms with Gasteiger partial charge in [-0.05, 0) is 24.9 Å². The second-order valence-electron chi connectivity index (χ2n) is 3.07. The van der Waals surface area contributed by atoms with Gasteiger partial charge in [-0.3, -0.25) is 0 Å². The van der Waals surface area contributed by atoms with Gasteiger partial charge in [-0.15, -0.1) is 11.6 Å². The van der Waals surface area contributed by atoms with Gasteiger partial charge in [-0.1, -0.05) is 43.7 Å². The lowest BCUT2D eigenvalue weighted by atomic mass is 10.2. The lowest BCUT2D eigenvalue weighted by molar-refractivity contribution is 0.807. The Morgan fingerprint density at radius 1 is 1.21 bits per heavy atom. The number of benzene rings is 1. The highest BCUT2D eigenvalue weighted by atomic mass is 35.5. The third-order valence-corrected chi connectivity index (χ3v) is 1.97. The van der Waals surface area contributed by atoms with Crippen molar-refractivity contribution in [2.24, 2.45) is 5.73 Å². The minimum atomic E-state index is 0.712. The molecule has 2 heteroatoms. The molecule has 0 aliphatic heterocycles. The van der Waals surface area contributed by atoms with Crippen LogP contribution in [0, 0.1) is 0 Å². The Bertz CT molecular complexity index is 197. The molecular weight excluding hydrogens is 194 g/mol. The van der Waals surface area contributed by atoms with E-state index in [2.05, 4.69) is 19.1 Å². The van der Waals surface area contributed by atoms with Gasteiger partial charge in [0.05, 0.1) is 0 Å². The average molecular weight is 214 g/mol. The summed E-state index contributed by atoms with van der Waals surface area (Å²) in [6.45, 7) is 2.98. The van der Waals surface area contributed by atoms with Gasteiger partial charge in [0.25, 0.3) is 0 Å². The number of rotatable bonds is 4. The van der Waals surface area contributed by atoms with Crippen molar-refractivity contribution in [1.82, 2.24) is 0 Å². The zero-order valence-corrected chi connectivity index (χ0v) is 9.63. The van der Waals surface area contributed by atoms with Crippen LogP contribution >= 0.6 is 11.6 Å². The van der Waals surface area contributed by atoms with E-state index in [1.54, 1.807) is 0 Å². The minimum absolute atomic E-state index is 0.712. The first-order chi connectivity index (χ1) is 6.85. The van der Waals surface area contributed by atoms with E-state index in [0.717, 1.165) is 13.0 Å². The van der Waals surface area contributed by atoms with Gasteiger partial charge >= 0.3 is 0 Å². The number of hydrogen-bond donors (Lipinski definition) is 1. The molecule has 1 aromatic rings.